The van der Waals surface area contributed by atoms with E-state index >= 15 is 0 Å². The smallest absolute Gasteiger partial charge is 0.405 e. The summed E-state index contributed by atoms with van der Waals surface area (Å²) in [6, 6.07) is 20.6. The summed E-state index contributed by atoms with van der Waals surface area (Å²) in [7, 11) is 3.74. The van der Waals surface area contributed by atoms with E-state index in [-0.39, 0.29) is 39.6 Å². The fourth-order valence-corrected chi connectivity index (χ4v) is 12.6. The lowest BCUT2D eigenvalue weighted by Gasteiger charge is -2.43. The maximum atomic E-state index is 13.5. The van der Waals surface area contributed by atoms with E-state index in [1.807, 2.05) is 49.6 Å². The normalized spacial score (nSPS) is 18.3. The van der Waals surface area contributed by atoms with Crippen LogP contribution in [0.1, 0.15) is 45.9 Å². The number of H-pyrrole nitrogens is 1. The number of hydrogen-bond donors (Lipinski definition) is 2. The summed E-state index contributed by atoms with van der Waals surface area (Å²) >= 11 is 0. The molecule has 0 unspecified atom stereocenters. The van der Waals surface area contributed by atoms with Crippen LogP contribution in [0.5, 0.6) is 0 Å². The largest absolute Gasteiger partial charge is 0.471 e. The van der Waals surface area contributed by atoms with Crippen LogP contribution in [0.3, 0.4) is 0 Å². The van der Waals surface area contributed by atoms with Gasteiger partial charge in [0.1, 0.15) is 17.8 Å². The lowest BCUT2D eigenvalue weighted by atomic mass is 10.2. The Morgan fingerprint density at radius 3 is 2.36 bits per heavy atom. The molecule has 17 heteroatoms. The SMILES string of the molecule is CSS[C@H](C)O[C@@H]1C[C@H](n2cc(C#CCNC(=O)C(F)(F)F)c3c(=O)[nH]c(/N=C\N(C)C)nc32)O[C@@H]1CO[Si](c1ccccc1)(c1ccccc1)C(C)(C)C. The molecular formula is C38H45F3N6O5S2Si. The third-order valence-corrected chi connectivity index (χ3v) is 15.8. The topological polar surface area (TPSA) is 123 Å². The Hall–Kier alpha value is -4.05. The number of alkyl halides is 3. The first-order chi connectivity index (χ1) is 26.0. The number of rotatable bonds is 13. The molecule has 0 aliphatic carbocycles. The van der Waals surface area contributed by atoms with Crippen LogP contribution in [0.25, 0.3) is 11.0 Å². The van der Waals surface area contributed by atoms with Crippen molar-refractivity contribution in [1.82, 2.24) is 24.8 Å². The van der Waals surface area contributed by atoms with Gasteiger partial charge in [-0.25, -0.2) is 4.99 Å². The molecule has 1 aliphatic heterocycles. The summed E-state index contributed by atoms with van der Waals surface area (Å²) in [4.78, 5) is 38.1. The van der Waals surface area contributed by atoms with Crippen LogP contribution in [0, 0.1) is 11.8 Å². The van der Waals surface area contributed by atoms with Gasteiger partial charge in [0.05, 0.1) is 36.5 Å². The number of benzene rings is 2. The molecule has 4 atom stereocenters. The molecule has 4 aromatic rings. The lowest BCUT2D eigenvalue weighted by molar-refractivity contribution is -0.173. The first kappa shape index (κ1) is 42.1. The molecule has 2 N–H and O–H groups in total. The number of hydrogen-bond acceptors (Lipinski definition) is 9. The average molecular weight is 815 g/mol. The van der Waals surface area contributed by atoms with Crippen molar-refractivity contribution in [2.24, 2.45) is 4.99 Å². The Morgan fingerprint density at radius 2 is 1.80 bits per heavy atom. The monoisotopic (exact) mass is 814 g/mol. The number of carbonyl (C=O) groups excluding carboxylic acids is 1. The van der Waals surface area contributed by atoms with E-state index in [9.17, 15) is 22.8 Å². The molecule has 1 saturated heterocycles. The third kappa shape index (κ3) is 9.85. The first-order valence-corrected chi connectivity index (χ1v) is 22.0. The van der Waals surface area contributed by atoms with Gasteiger partial charge in [-0.3, -0.25) is 14.6 Å². The lowest BCUT2D eigenvalue weighted by Crippen LogP contribution is -2.67. The summed E-state index contributed by atoms with van der Waals surface area (Å²) in [6.45, 7) is 8.18. The fraction of sp³-hybridized carbons (Fsp3) is 0.421. The molecule has 1 amide bonds. The summed E-state index contributed by atoms with van der Waals surface area (Å²) in [6.07, 6.45) is -1.33. The van der Waals surface area contributed by atoms with Crippen LogP contribution in [-0.4, -0.2) is 97.3 Å². The molecule has 1 aliphatic rings. The second-order valence-corrected chi connectivity index (χ2v) is 21.1. The molecule has 0 spiro atoms. The Bertz CT molecular complexity index is 2040. The summed E-state index contributed by atoms with van der Waals surface area (Å²) in [5.41, 5.74) is -0.351. The minimum Gasteiger partial charge on any atom is -0.405 e. The Balaban J connectivity index is 1.56. The molecule has 0 radical (unpaired) electrons. The van der Waals surface area contributed by atoms with Crippen LogP contribution < -0.4 is 21.2 Å². The molecule has 11 nitrogen and oxygen atoms in total. The number of nitrogens with zero attached hydrogens (tertiary/aromatic N) is 4. The summed E-state index contributed by atoms with van der Waals surface area (Å²) < 4.78 is 60.6. The number of halogens is 3. The highest BCUT2D eigenvalue weighted by Gasteiger charge is 2.51. The number of aromatic nitrogens is 3. The Labute approximate surface area is 327 Å². The highest BCUT2D eigenvalue weighted by molar-refractivity contribution is 8.76. The number of aliphatic imine (C=N–C) groups is 1. The molecule has 0 saturated carbocycles. The highest BCUT2D eigenvalue weighted by atomic mass is 33.1. The zero-order chi connectivity index (χ0) is 40.0. The van der Waals surface area contributed by atoms with E-state index in [0.717, 1.165) is 10.4 Å². The van der Waals surface area contributed by atoms with E-state index in [1.165, 1.54) is 6.34 Å². The van der Waals surface area contributed by atoms with Crippen LogP contribution in [-0.2, 0) is 18.7 Å². The van der Waals surface area contributed by atoms with Crippen LogP contribution in [0.4, 0.5) is 19.1 Å². The van der Waals surface area contributed by atoms with Gasteiger partial charge in [-0.2, -0.15) is 18.2 Å². The molecular weight excluding hydrogens is 770 g/mol. The number of fused-ring (bicyclic) bond motifs is 1. The maximum absolute atomic E-state index is 13.5. The van der Waals surface area contributed by atoms with Crippen LogP contribution >= 0.6 is 21.6 Å². The van der Waals surface area contributed by atoms with E-state index in [2.05, 4.69) is 71.8 Å². The number of aromatic amines is 1. The van der Waals surface area contributed by atoms with E-state index in [4.69, 9.17) is 13.9 Å². The average Bonchev–Trinajstić information content (AvgIpc) is 3.70. The molecule has 3 heterocycles. The van der Waals surface area contributed by atoms with Crippen molar-refractivity contribution in [3.63, 3.8) is 0 Å². The second-order valence-electron chi connectivity index (χ2n) is 14.1. The molecule has 2 aromatic heterocycles. The number of ether oxygens (including phenoxy) is 2. The third-order valence-electron chi connectivity index (χ3n) is 8.87. The van der Waals surface area contributed by atoms with Crippen molar-refractivity contribution in [2.75, 3.05) is 33.5 Å². The molecule has 5 rings (SSSR count). The van der Waals surface area contributed by atoms with Crippen molar-refractivity contribution < 1.29 is 31.9 Å². The van der Waals surface area contributed by atoms with Gasteiger partial charge in [-0.05, 0) is 28.6 Å². The van der Waals surface area contributed by atoms with Crippen LogP contribution in [0.15, 0.2) is 76.6 Å². The van der Waals surface area contributed by atoms with Crippen molar-refractivity contribution in [1.29, 1.82) is 0 Å². The van der Waals surface area contributed by atoms with Crippen molar-refractivity contribution >= 4 is 69.5 Å². The molecule has 2 aromatic carbocycles. The summed E-state index contributed by atoms with van der Waals surface area (Å²) in [5.74, 6) is 3.19. The van der Waals surface area contributed by atoms with Gasteiger partial charge < -0.3 is 28.7 Å². The van der Waals surface area contributed by atoms with Gasteiger partial charge in [-0.15, -0.1) is 0 Å². The Morgan fingerprint density at radius 1 is 1.16 bits per heavy atom. The molecule has 55 heavy (non-hydrogen) atoms. The predicted molar refractivity (Wildman–Crippen MR) is 216 cm³/mol. The van der Waals surface area contributed by atoms with Crippen LogP contribution in [0.2, 0.25) is 5.04 Å². The van der Waals surface area contributed by atoms with Crippen molar-refractivity contribution in [2.45, 2.75) is 69.2 Å². The molecule has 0 bridgehead atoms. The second kappa shape index (κ2) is 17.8. The quantitative estimate of drug-likeness (QED) is 0.0445. The van der Waals surface area contributed by atoms with E-state index < -0.39 is 50.9 Å². The number of nitrogens with one attached hydrogen (secondary N) is 2. The maximum Gasteiger partial charge on any atom is 0.471 e. The number of carbonyl (C=O) groups is 1. The highest BCUT2D eigenvalue weighted by Crippen LogP contribution is 2.40. The van der Waals surface area contributed by atoms with E-state index in [0.29, 0.717) is 6.42 Å². The number of amides is 1. The standard InChI is InChI=1S/C38H45F3N6O5S2Si/c1-25(54-53-7)51-29-21-31(52-30(29)23-50-55(37(2,3)4,27-16-10-8-11-17-27)28-18-12-9-13-19-28)47-22-26(15-14-20-42-35(49)38(39,40)41)32-33(47)44-36(45-34(32)48)43-24-46(5)6/h8-13,16-19,22,24-25,29-31H,20-21,23H2,1-7H3,(H,42,49)(H,44,45,48)/b43-24-/t25-,29-,30-,31-/m1/s1. The molecule has 1 fully saturated rings. The fourth-order valence-electron chi connectivity index (χ4n) is 6.59. The molecule has 294 valence electrons. The van der Waals surface area contributed by atoms with E-state index in [1.54, 1.807) is 56.7 Å². The van der Waals surface area contributed by atoms with Gasteiger partial charge in [0.2, 0.25) is 5.95 Å². The van der Waals surface area contributed by atoms with Crippen molar-refractivity contribution in [3.05, 3.63) is 82.8 Å². The minimum atomic E-state index is -5.05. The summed E-state index contributed by atoms with van der Waals surface area (Å²) in [5, 5.41) is 3.77. The van der Waals surface area contributed by atoms with Gasteiger partial charge in [0.15, 0.2) is 5.65 Å². The van der Waals surface area contributed by atoms with Gasteiger partial charge in [0, 0.05) is 26.7 Å². The zero-order valence-corrected chi connectivity index (χ0v) is 34.3. The minimum absolute atomic E-state index is 0.0323. The zero-order valence-electron chi connectivity index (χ0n) is 31.6. The van der Waals surface area contributed by atoms with Gasteiger partial charge >= 0.3 is 12.1 Å². The Kier molecular flexibility index (Phi) is 13.6. The predicted octanol–water partition coefficient (Wildman–Crippen LogP) is 5.58. The van der Waals surface area contributed by atoms with Crippen molar-refractivity contribution in [3.8, 4) is 11.8 Å². The van der Waals surface area contributed by atoms with Gasteiger partial charge in [0.25, 0.3) is 13.9 Å². The van der Waals surface area contributed by atoms with Gasteiger partial charge in [-0.1, -0.05) is 115 Å². The first-order valence-electron chi connectivity index (χ1n) is 17.5.